The summed E-state index contributed by atoms with van der Waals surface area (Å²) < 4.78 is 0. The molecule has 1 aromatic carbocycles. The number of amides is 2. The summed E-state index contributed by atoms with van der Waals surface area (Å²) >= 11 is 5.37. The van der Waals surface area contributed by atoms with Crippen molar-refractivity contribution in [3.8, 4) is 6.07 Å². The van der Waals surface area contributed by atoms with E-state index in [0.717, 1.165) is 0 Å². The minimum Gasteiger partial charge on any atom is -0.335 e. The molecule has 0 aliphatic heterocycles. The fourth-order valence-electron chi connectivity index (χ4n) is 1.27. The van der Waals surface area contributed by atoms with Crippen LogP contribution in [-0.4, -0.2) is 36.2 Å². The summed E-state index contributed by atoms with van der Waals surface area (Å²) in [5.74, 6) is -0.822. The summed E-state index contributed by atoms with van der Waals surface area (Å²) in [4.78, 5) is 24.0. The number of nitriles is 1. The van der Waals surface area contributed by atoms with Gasteiger partial charge >= 0.3 is 0 Å². The monoisotopic (exact) mass is 265 g/mol. The van der Waals surface area contributed by atoms with Crippen LogP contribution in [0.5, 0.6) is 0 Å². The van der Waals surface area contributed by atoms with Crippen molar-refractivity contribution < 1.29 is 9.59 Å². The van der Waals surface area contributed by atoms with Gasteiger partial charge in [0.05, 0.1) is 18.2 Å². The van der Waals surface area contributed by atoms with Gasteiger partial charge in [-0.15, -0.1) is 11.6 Å². The number of rotatable bonds is 4. The summed E-state index contributed by atoms with van der Waals surface area (Å²) in [5.41, 5.74) is 0.976. The van der Waals surface area contributed by atoms with E-state index in [1.165, 1.54) is 11.9 Å². The third-order valence-corrected chi connectivity index (χ3v) is 2.42. The molecule has 5 nitrogen and oxygen atoms in total. The Kier molecular flexibility index (Phi) is 5.15. The minimum absolute atomic E-state index is 0.0810. The van der Waals surface area contributed by atoms with Gasteiger partial charge in [-0.2, -0.15) is 5.26 Å². The first kappa shape index (κ1) is 14.0. The quantitative estimate of drug-likeness (QED) is 0.831. The van der Waals surface area contributed by atoms with E-state index in [9.17, 15) is 9.59 Å². The standard InChI is InChI=1S/C12H12ClN3O2/c1-16(12(18)6-13)8-11(17)15-10-4-2-3-9(5-10)7-14/h2-5H,6,8H2,1H3,(H,15,17). The Morgan fingerprint density at radius 2 is 2.22 bits per heavy atom. The number of nitrogens with one attached hydrogen (secondary N) is 1. The zero-order valence-electron chi connectivity index (χ0n) is 9.81. The van der Waals surface area contributed by atoms with Crippen LogP contribution in [0.25, 0.3) is 0 Å². The molecule has 18 heavy (non-hydrogen) atoms. The highest BCUT2D eigenvalue weighted by Crippen LogP contribution is 2.09. The Bertz CT molecular complexity index is 496. The molecule has 0 saturated carbocycles. The second-order valence-corrected chi connectivity index (χ2v) is 3.89. The summed E-state index contributed by atoms with van der Waals surface area (Å²) in [6.45, 7) is -0.0810. The largest absolute Gasteiger partial charge is 0.335 e. The Balaban J connectivity index is 2.60. The molecule has 0 aromatic heterocycles. The highest BCUT2D eigenvalue weighted by atomic mass is 35.5. The lowest BCUT2D eigenvalue weighted by Crippen LogP contribution is -2.35. The topological polar surface area (TPSA) is 73.2 Å². The van der Waals surface area contributed by atoms with E-state index in [2.05, 4.69) is 5.32 Å². The molecule has 0 fully saturated rings. The highest BCUT2D eigenvalue weighted by molar-refractivity contribution is 6.27. The third-order valence-electron chi connectivity index (χ3n) is 2.20. The normalized spacial score (nSPS) is 9.39. The van der Waals surface area contributed by atoms with Gasteiger partial charge in [-0.05, 0) is 18.2 Å². The van der Waals surface area contributed by atoms with Crippen molar-refractivity contribution in [1.82, 2.24) is 4.90 Å². The lowest BCUT2D eigenvalue weighted by molar-refractivity contribution is -0.131. The molecule has 1 rings (SSSR count). The molecular weight excluding hydrogens is 254 g/mol. The van der Waals surface area contributed by atoms with E-state index in [4.69, 9.17) is 16.9 Å². The SMILES string of the molecule is CN(CC(=O)Nc1cccc(C#N)c1)C(=O)CCl. The molecule has 0 atom stereocenters. The first-order valence-corrected chi connectivity index (χ1v) is 5.70. The number of carbonyl (C=O) groups is 2. The number of carbonyl (C=O) groups excluding carboxylic acids is 2. The van der Waals surface area contributed by atoms with Crippen LogP contribution in [0.1, 0.15) is 5.56 Å². The summed E-state index contributed by atoms with van der Waals surface area (Å²) in [6.07, 6.45) is 0. The van der Waals surface area contributed by atoms with Gasteiger partial charge in [0.25, 0.3) is 0 Å². The molecule has 0 bridgehead atoms. The van der Waals surface area contributed by atoms with Crippen molar-refractivity contribution in [3.63, 3.8) is 0 Å². The van der Waals surface area contributed by atoms with E-state index in [-0.39, 0.29) is 24.2 Å². The number of anilines is 1. The van der Waals surface area contributed by atoms with E-state index < -0.39 is 0 Å². The molecule has 0 unspecified atom stereocenters. The Labute approximate surface area is 110 Å². The van der Waals surface area contributed by atoms with Gasteiger partial charge in [0.1, 0.15) is 5.88 Å². The first-order valence-electron chi connectivity index (χ1n) is 5.16. The van der Waals surface area contributed by atoms with Gasteiger partial charge in [-0.25, -0.2) is 0 Å². The molecule has 94 valence electrons. The molecule has 0 aliphatic carbocycles. The highest BCUT2D eigenvalue weighted by Gasteiger charge is 2.11. The average Bonchev–Trinajstić information content (AvgIpc) is 2.37. The van der Waals surface area contributed by atoms with Crippen LogP contribution < -0.4 is 5.32 Å². The van der Waals surface area contributed by atoms with Crippen LogP contribution >= 0.6 is 11.6 Å². The number of hydrogen-bond acceptors (Lipinski definition) is 3. The molecule has 0 radical (unpaired) electrons. The summed E-state index contributed by atoms with van der Waals surface area (Å²) in [7, 11) is 1.50. The molecule has 2 amide bonds. The summed E-state index contributed by atoms with van der Waals surface area (Å²) in [6, 6.07) is 8.51. The van der Waals surface area contributed by atoms with Crippen LogP contribution in [0.3, 0.4) is 0 Å². The predicted octanol–water partition coefficient (Wildman–Crippen LogP) is 1.19. The van der Waals surface area contributed by atoms with Gasteiger partial charge in [0.15, 0.2) is 0 Å². The second kappa shape index (κ2) is 6.62. The van der Waals surface area contributed by atoms with Crippen LogP contribution in [-0.2, 0) is 9.59 Å². The molecular formula is C12H12ClN3O2. The van der Waals surface area contributed by atoms with Crippen LogP contribution in [0.15, 0.2) is 24.3 Å². The fraction of sp³-hybridized carbons (Fsp3) is 0.250. The Morgan fingerprint density at radius 3 is 2.83 bits per heavy atom. The summed E-state index contributed by atoms with van der Waals surface area (Å²) in [5, 5.41) is 11.3. The van der Waals surface area contributed by atoms with Crippen molar-refractivity contribution in [2.45, 2.75) is 0 Å². The van der Waals surface area contributed by atoms with Crippen LogP contribution in [0.4, 0.5) is 5.69 Å². The molecule has 1 aromatic rings. The molecule has 0 spiro atoms. The molecule has 6 heteroatoms. The maximum absolute atomic E-state index is 11.6. The minimum atomic E-state index is -0.342. The van der Waals surface area contributed by atoms with Crippen molar-refractivity contribution >= 4 is 29.1 Å². The van der Waals surface area contributed by atoms with Gasteiger partial charge < -0.3 is 10.2 Å². The zero-order chi connectivity index (χ0) is 13.5. The van der Waals surface area contributed by atoms with Crippen LogP contribution in [0, 0.1) is 11.3 Å². The van der Waals surface area contributed by atoms with Crippen LogP contribution in [0.2, 0.25) is 0 Å². The number of nitrogens with zero attached hydrogens (tertiary/aromatic N) is 2. The van der Waals surface area contributed by atoms with E-state index in [1.54, 1.807) is 24.3 Å². The third kappa shape index (κ3) is 4.07. The molecule has 1 N–H and O–H groups in total. The lowest BCUT2D eigenvalue weighted by atomic mass is 10.2. The van der Waals surface area contributed by atoms with E-state index in [1.807, 2.05) is 6.07 Å². The van der Waals surface area contributed by atoms with Crippen molar-refractivity contribution in [2.24, 2.45) is 0 Å². The van der Waals surface area contributed by atoms with Crippen molar-refractivity contribution in [1.29, 1.82) is 5.26 Å². The van der Waals surface area contributed by atoms with Crippen molar-refractivity contribution in [3.05, 3.63) is 29.8 Å². The second-order valence-electron chi connectivity index (χ2n) is 3.62. The van der Waals surface area contributed by atoms with Gasteiger partial charge in [-0.1, -0.05) is 6.07 Å². The predicted molar refractivity (Wildman–Crippen MR) is 68.1 cm³/mol. The average molecular weight is 266 g/mol. The smallest absolute Gasteiger partial charge is 0.243 e. The number of likely N-dealkylation sites (N-methyl/N-ethyl adjacent to an activating group) is 1. The van der Waals surface area contributed by atoms with Crippen molar-refractivity contribution in [2.75, 3.05) is 24.8 Å². The molecule has 0 aliphatic rings. The molecule has 0 heterocycles. The first-order chi connectivity index (χ1) is 8.56. The van der Waals surface area contributed by atoms with E-state index >= 15 is 0 Å². The maximum Gasteiger partial charge on any atom is 0.243 e. The maximum atomic E-state index is 11.6. The zero-order valence-corrected chi connectivity index (χ0v) is 10.6. The Morgan fingerprint density at radius 1 is 1.50 bits per heavy atom. The number of benzene rings is 1. The fourth-order valence-corrected chi connectivity index (χ4v) is 1.48. The number of hydrogen-bond donors (Lipinski definition) is 1. The van der Waals surface area contributed by atoms with Gasteiger partial charge in [0, 0.05) is 12.7 Å². The number of halogens is 1. The van der Waals surface area contributed by atoms with Gasteiger partial charge in [0.2, 0.25) is 11.8 Å². The van der Waals surface area contributed by atoms with Gasteiger partial charge in [-0.3, -0.25) is 9.59 Å². The lowest BCUT2D eigenvalue weighted by Gasteiger charge is -2.15. The Hall–Kier alpha value is -2.06. The van der Waals surface area contributed by atoms with E-state index in [0.29, 0.717) is 11.3 Å². The number of alkyl halides is 1. The molecule has 0 saturated heterocycles.